The molecule has 0 fully saturated rings. The second kappa shape index (κ2) is 5.57. The molecule has 2 rings (SSSR count). The Labute approximate surface area is 103 Å². The van der Waals surface area contributed by atoms with Gasteiger partial charge >= 0.3 is 0 Å². The number of aromatic nitrogens is 2. The van der Waals surface area contributed by atoms with Crippen LogP contribution in [0.3, 0.4) is 0 Å². The number of rotatable bonds is 1. The van der Waals surface area contributed by atoms with Crippen LogP contribution in [-0.2, 0) is 0 Å². The lowest BCUT2D eigenvalue weighted by atomic mass is 10.2. The van der Waals surface area contributed by atoms with E-state index in [2.05, 4.69) is 21.8 Å². The van der Waals surface area contributed by atoms with Crippen molar-refractivity contribution in [2.24, 2.45) is 0 Å². The zero-order chi connectivity index (χ0) is 12.8. The molecular formula is C13H9N3O2. The Kier molecular flexibility index (Phi) is 3.64. The maximum atomic E-state index is 11.2. The lowest BCUT2D eigenvalue weighted by Gasteiger charge is -1.97. The molecular weight excluding hydrogens is 230 g/mol. The predicted molar refractivity (Wildman–Crippen MR) is 63.7 cm³/mol. The van der Waals surface area contributed by atoms with Gasteiger partial charge in [-0.15, -0.1) is 0 Å². The van der Waals surface area contributed by atoms with Gasteiger partial charge in [-0.05, 0) is 24.3 Å². The molecule has 0 aliphatic heterocycles. The van der Waals surface area contributed by atoms with Crippen molar-refractivity contribution in [3.63, 3.8) is 0 Å². The van der Waals surface area contributed by atoms with Crippen LogP contribution in [-0.4, -0.2) is 21.1 Å². The van der Waals surface area contributed by atoms with Gasteiger partial charge in [0.05, 0.1) is 0 Å². The largest absolute Gasteiger partial charge is 0.293 e. The quantitative estimate of drug-likeness (QED) is 0.442. The summed E-state index contributed by atoms with van der Waals surface area (Å²) in [5, 5.41) is 8.50. The van der Waals surface area contributed by atoms with Crippen LogP contribution in [0.5, 0.6) is 0 Å². The van der Waals surface area contributed by atoms with Crippen LogP contribution >= 0.6 is 0 Å². The van der Waals surface area contributed by atoms with Gasteiger partial charge in [-0.2, -0.15) is 0 Å². The number of carbonyl (C=O) groups is 1. The highest BCUT2D eigenvalue weighted by molar-refractivity contribution is 5.91. The van der Waals surface area contributed by atoms with E-state index in [1.807, 2.05) is 6.07 Å². The molecule has 18 heavy (non-hydrogen) atoms. The highest BCUT2D eigenvalue weighted by Gasteiger charge is 2.04. The normalized spacial score (nSPS) is 9.17. The molecule has 2 N–H and O–H groups in total. The second-order valence-corrected chi connectivity index (χ2v) is 3.36. The highest BCUT2D eigenvalue weighted by Crippen LogP contribution is 2.01. The fraction of sp³-hybridized carbons (Fsp3) is 0. The van der Waals surface area contributed by atoms with Crippen LogP contribution in [0, 0.1) is 11.8 Å². The molecule has 0 bridgehead atoms. The van der Waals surface area contributed by atoms with Crippen molar-refractivity contribution in [1.82, 2.24) is 15.4 Å². The van der Waals surface area contributed by atoms with Crippen molar-refractivity contribution in [1.29, 1.82) is 0 Å². The molecule has 0 aliphatic rings. The summed E-state index contributed by atoms with van der Waals surface area (Å²) in [4.78, 5) is 18.9. The van der Waals surface area contributed by atoms with E-state index in [1.165, 1.54) is 17.7 Å². The molecule has 0 aromatic carbocycles. The van der Waals surface area contributed by atoms with Crippen LogP contribution in [0.25, 0.3) is 0 Å². The summed E-state index contributed by atoms with van der Waals surface area (Å²) in [6.07, 6.45) is 4.77. The standard InChI is InChI=1S/C13H9N3O2/c17-13(16-18)12-8-10(5-7-15-12)3-4-11-2-1-6-14-9-11/h1-2,5-9,18H,(H,16,17). The molecule has 0 spiro atoms. The van der Waals surface area contributed by atoms with Crippen molar-refractivity contribution in [2.75, 3.05) is 0 Å². The third kappa shape index (κ3) is 2.90. The van der Waals surface area contributed by atoms with Crippen LogP contribution in [0.1, 0.15) is 21.6 Å². The molecule has 1 amide bonds. The van der Waals surface area contributed by atoms with Gasteiger partial charge in [0, 0.05) is 29.7 Å². The molecule has 2 aromatic rings. The lowest BCUT2D eigenvalue weighted by Crippen LogP contribution is -2.19. The number of hydrogen-bond donors (Lipinski definition) is 2. The Balaban J connectivity index is 2.25. The number of nitrogens with one attached hydrogen (secondary N) is 1. The van der Waals surface area contributed by atoms with E-state index >= 15 is 0 Å². The lowest BCUT2D eigenvalue weighted by molar-refractivity contribution is 0.0700. The first kappa shape index (κ1) is 11.8. The maximum Gasteiger partial charge on any atom is 0.293 e. The maximum absolute atomic E-state index is 11.2. The number of carbonyl (C=O) groups excluding carboxylic acids is 1. The molecule has 0 radical (unpaired) electrons. The summed E-state index contributed by atoms with van der Waals surface area (Å²) in [7, 11) is 0. The van der Waals surface area contributed by atoms with E-state index in [0.717, 1.165) is 5.56 Å². The van der Waals surface area contributed by atoms with Crippen molar-refractivity contribution in [3.05, 3.63) is 59.7 Å². The molecule has 5 nitrogen and oxygen atoms in total. The Morgan fingerprint density at radius 3 is 2.78 bits per heavy atom. The fourth-order valence-corrected chi connectivity index (χ4v) is 1.27. The zero-order valence-electron chi connectivity index (χ0n) is 9.29. The number of hydrogen-bond acceptors (Lipinski definition) is 4. The van der Waals surface area contributed by atoms with Gasteiger partial charge in [-0.1, -0.05) is 11.8 Å². The Hall–Kier alpha value is -2.71. The van der Waals surface area contributed by atoms with Crippen molar-refractivity contribution in [3.8, 4) is 11.8 Å². The highest BCUT2D eigenvalue weighted by atomic mass is 16.5. The van der Waals surface area contributed by atoms with Crippen molar-refractivity contribution < 1.29 is 10.0 Å². The smallest absolute Gasteiger partial charge is 0.288 e. The number of amides is 1. The first-order valence-electron chi connectivity index (χ1n) is 5.12. The molecule has 0 saturated carbocycles. The van der Waals surface area contributed by atoms with E-state index in [-0.39, 0.29) is 5.69 Å². The molecule has 5 heteroatoms. The third-order valence-electron chi connectivity index (χ3n) is 2.11. The molecule has 88 valence electrons. The van der Waals surface area contributed by atoms with Gasteiger partial charge < -0.3 is 0 Å². The number of hydroxylamine groups is 1. The zero-order valence-corrected chi connectivity index (χ0v) is 9.29. The van der Waals surface area contributed by atoms with Gasteiger partial charge in [-0.3, -0.25) is 20.0 Å². The van der Waals surface area contributed by atoms with E-state index in [1.54, 1.807) is 24.5 Å². The second-order valence-electron chi connectivity index (χ2n) is 3.36. The van der Waals surface area contributed by atoms with Crippen LogP contribution < -0.4 is 5.48 Å². The third-order valence-corrected chi connectivity index (χ3v) is 2.11. The van der Waals surface area contributed by atoms with Gasteiger partial charge in [0.2, 0.25) is 0 Å². The van der Waals surface area contributed by atoms with Gasteiger partial charge in [0.15, 0.2) is 0 Å². The SMILES string of the molecule is O=C(NO)c1cc(C#Cc2cccnc2)ccn1. The predicted octanol–water partition coefficient (Wildman–Crippen LogP) is 0.995. The van der Waals surface area contributed by atoms with Crippen LogP contribution in [0.15, 0.2) is 42.9 Å². The molecule has 0 unspecified atom stereocenters. The van der Waals surface area contributed by atoms with E-state index < -0.39 is 5.91 Å². The van der Waals surface area contributed by atoms with Crippen molar-refractivity contribution in [2.45, 2.75) is 0 Å². The molecule has 2 aromatic heterocycles. The minimum Gasteiger partial charge on any atom is -0.288 e. The topological polar surface area (TPSA) is 75.1 Å². The Bertz CT molecular complexity index is 615. The molecule has 0 saturated heterocycles. The number of nitrogens with zero attached hydrogens (tertiary/aromatic N) is 2. The monoisotopic (exact) mass is 239 g/mol. The Morgan fingerprint density at radius 2 is 2.06 bits per heavy atom. The summed E-state index contributed by atoms with van der Waals surface area (Å²) in [6.45, 7) is 0. The van der Waals surface area contributed by atoms with Gasteiger partial charge in [0.25, 0.3) is 5.91 Å². The first-order chi connectivity index (χ1) is 8.79. The van der Waals surface area contributed by atoms with Crippen LogP contribution in [0.2, 0.25) is 0 Å². The fourth-order valence-electron chi connectivity index (χ4n) is 1.27. The summed E-state index contributed by atoms with van der Waals surface area (Å²) in [6, 6.07) is 6.80. The molecule has 2 heterocycles. The van der Waals surface area contributed by atoms with Gasteiger partial charge in [0.1, 0.15) is 5.69 Å². The summed E-state index contributed by atoms with van der Waals surface area (Å²) in [5.41, 5.74) is 3.04. The van der Waals surface area contributed by atoms with Crippen molar-refractivity contribution >= 4 is 5.91 Å². The molecule has 0 aliphatic carbocycles. The number of pyridine rings is 2. The van der Waals surface area contributed by atoms with E-state index in [9.17, 15) is 4.79 Å². The van der Waals surface area contributed by atoms with Crippen LogP contribution in [0.4, 0.5) is 0 Å². The van der Waals surface area contributed by atoms with E-state index in [0.29, 0.717) is 5.56 Å². The Morgan fingerprint density at radius 1 is 1.22 bits per heavy atom. The minimum atomic E-state index is -0.667. The molecule has 0 atom stereocenters. The average molecular weight is 239 g/mol. The average Bonchev–Trinajstić information content (AvgIpc) is 2.45. The van der Waals surface area contributed by atoms with E-state index in [4.69, 9.17) is 5.21 Å². The van der Waals surface area contributed by atoms with Gasteiger partial charge in [-0.25, -0.2) is 5.48 Å². The minimum absolute atomic E-state index is 0.107. The summed E-state index contributed by atoms with van der Waals surface area (Å²) >= 11 is 0. The first-order valence-corrected chi connectivity index (χ1v) is 5.12. The summed E-state index contributed by atoms with van der Waals surface area (Å²) < 4.78 is 0. The summed E-state index contributed by atoms with van der Waals surface area (Å²) in [5.74, 6) is 5.13.